The van der Waals surface area contributed by atoms with Gasteiger partial charge in [-0.15, -0.1) is 0 Å². The molecule has 1 N–H and O–H groups in total. The first kappa shape index (κ1) is 17.7. The maximum atomic E-state index is 12.3. The van der Waals surface area contributed by atoms with Crippen LogP contribution in [0.1, 0.15) is 0 Å². The number of methoxy groups -OCH3 is 1. The van der Waals surface area contributed by atoms with Crippen LogP contribution < -0.4 is 15.6 Å². The van der Waals surface area contributed by atoms with Gasteiger partial charge >= 0.3 is 0 Å². The van der Waals surface area contributed by atoms with E-state index in [1.807, 2.05) is 30.3 Å². The summed E-state index contributed by atoms with van der Waals surface area (Å²) in [6, 6.07) is 17.4. The summed E-state index contributed by atoms with van der Waals surface area (Å²) >= 11 is 6.04. The molecule has 0 aliphatic heterocycles. The summed E-state index contributed by atoms with van der Waals surface area (Å²) in [5.41, 5.74) is 1.63. The Morgan fingerprint density at radius 1 is 1.15 bits per heavy atom. The molecule has 0 atom stereocenters. The number of halogens is 1. The van der Waals surface area contributed by atoms with E-state index in [2.05, 4.69) is 10.4 Å². The minimum absolute atomic E-state index is 0.205. The molecule has 0 fully saturated rings. The van der Waals surface area contributed by atoms with Crippen molar-refractivity contribution >= 4 is 23.2 Å². The standard InChI is InChI=1S/C19H16ClN3O3/c1-26-17-9-7-14(11-15(17)20)21-18(24)12-23-19(25)10-8-16(22-23)13-5-3-2-4-6-13/h2-11H,12H2,1H3,(H,21,24). The van der Waals surface area contributed by atoms with E-state index in [0.29, 0.717) is 22.2 Å². The Balaban J connectivity index is 1.77. The fourth-order valence-electron chi connectivity index (χ4n) is 2.41. The molecule has 2 aromatic carbocycles. The van der Waals surface area contributed by atoms with Crippen molar-refractivity contribution in [3.63, 3.8) is 0 Å². The Kier molecular flexibility index (Phi) is 5.34. The van der Waals surface area contributed by atoms with Gasteiger partial charge in [0.1, 0.15) is 12.3 Å². The number of nitrogens with one attached hydrogen (secondary N) is 1. The second-order valence-electron chi connectivity index (χ2n) is 5.48. The minimum atomic E-state index is -0.383. The molecule has 0 aliphatic carbocycles. The molecular formula is C19H16ClN3O3. The summed E-state index contributed by atoms with van der Waals surface area (Å²) in [7, 11) is 1.51. The van der Waals surface area contributed by atoms with Gasteiger partial charge in [0.15, 0.2) is 0 Å². The van der Waals surface area contributed by atoms with Crippen LogP contribution in [0.25, 0.3) is 11.3 Å². The molecule has 1 aromatic heterocycles. The number of hydrogen-bond donors (Lipinski definition) is 1. The number of anilines is 1. The summed E-state index contributed by atoms with van der Waals surface area (Å²) in [5.74, 6) is 0.129. The molecule has 1 heterocycles. The van der Waals surface area contributed by atoms with Crippen molar-refractivity contribution in [3.8, 4) is 17.0 Å². The summed E-state index contributed by atoms with van der Waals surface area (Å²) in [6.45, 7) is -0.205. The van der Waals surface area contributed by atoms with Crippen LogP contribution in [0.4, 0.5) is 5.69 Å². The molecule has 0 aliphatic rings. The summed E-state index contributed by atoms with van der Waals surface area (Å²) in [4.78, 5) is 24.3. The van der Waals surface area contributed by atoms with Gasteiger partial charge in [-0.1, -0.05) is 41.9 Å². The van der Waals surface area contributed by atoms with Crippen molar-refractivity contribution in [1.29, 1.82) is 0 Å². The van der Waals surface area contributed by atoms with E-state index < -0.39 is 0 Å². The summed E-state index contributed by atoms with van der Waals surface area (Å²) in [6.07, 6.45) is 0. The molecule has 7 heteroatoms. The van der Waals surface area contributed by atoms with E-state index in [0.717, 1.165) is 10.2 Å². The zero-order valence-electron chi connectivity index (χ0n) is 14.0. The van der Waals surface area contributed by atoms with Gasteiger partial charge in [-0.2, -0.15) is 5.10 Å². The fraction of sp³-hybridized carbons (Fsp3) is 0.105. The minimum Gasteiger partial charge on any atom is -0.495 e. The molecule has 3 aromatic rings. The second-order valence-corrected chi connectivity index (χ2v) is 5.89. The van der Waals surface area contributed by atoms with Crippen molar-refractivity contribution in [1.82, 2.24) is 9.78 Å². The van der Waals surface area contributed by atoms with Crippen LogP contribution in [0, 0.1) is 0 Å². The van der Waals surface area contributed by atoms with Gasteiger partial charge in [0, 0.05) is 17.3 Å². The third-order valence-corrected chi connectivity index (χ3v) is 3.96. The van der Waals surface area contributed by atoms with E-state index in [9.17, 15) is 9.59 Å². The number of rotatable bonds is 5. The SMILES string of the molecule is COc1ccc(NC(=O)Cn2nc(-c3ccccc3)ccc2=O)cc1Cl. The Bertz CT molecular complexity index is 987. The molecule has 0 unspecified atom stereocenters. The average Bonchev–Trinajstić information content (AvgIpc) is 2.64. The van der Waals surface area contributed by atoms with Crippen LogP contribution in [0.5, 0.6) is 5.75 Å². The van der Waals surface area contributed by atoms with Crippen LogP contribution in [-0.4, -0.2) is 22.8 Å². The Hall–Kier alpha value is -3.12. The van der Waals surface area contributed by atoms with Gasteiger partial charge in [0.2, 0.25) is 5.91 Å². The van der Waals surface area contributed by atoms with Crippen LogP contribution in [0.2, 0.25) is 5.02 Å². The molecule has 3 rings (SSSR count). The van der Waals surface area contributed by atoms with E-state index in [4.69, 9.17) is 16.3 Å². The lowest BCUT2D eigenvalue weighted by molar-refractivity contribution is -0.117. The van der Waals surface area contributed by atoms with Crippen LogP contribution in [-0.2, 0) is 11.3 Å². The molecule has 6 nitrogen and oxygen atoms in total. The van der Waals surface area contributed by atoms with E-state index >= 15 is 0 Å². The zero-order chi connectivity index (χ0) is 18.5. The topological polar surface area (TPSA) is 73.2 Å². The van der Waals surface area contributed by atoms with Crippen molar-refractivity contribution in [2.75, 3.05) is 12.4 Å². The lowest BCUT2D eigenvalue weighted by atomic mass is 10.1. The summed E-state index contributed by atoms with van der Waals surface area (Å²) < 4.78 is 6.20. The van der Waals surface area contributed by atoms with Crippen molar-refractivity contribution < 1.29 is 9.53 Å². The van der Waals surface area contributed by atoms with Gasteiger partial charge < -0.3 is 10.1 Å². The average molecular weight is 370 g/mol. The Labute approximate surface area is 155 Å². The second kappa shape index (κ2) is 7.84. The predicted octanol–water partition coefficient (Wildman–Crippen LogP) is 3.21. The number of hydrogen-bond acceptors (Lipinski definition) is 4. The van der Waals surface area contributed by atoms with Crippen molar-refractivity contribution in [3.05, 3.63) is 76.0 Å². The zero-order valence-corrected chi connectivity index (χ0v) is 14.7. The lowest BCUT2D eigenvalue weighted by Crippen LogP contribution is -2.29. The number of amides is 1. The van der Waals surface area contributed by atoms with Crippen LogP contribution >= 0.6 is 11.6 Å². The molecule has 0 saturated heterocycles. The van der Waals surface area contributed by atoms with E-state index in [1.165, 1.54) is 13.2 Å². The molecule has 0 radical (unpaired) electrons. The van der Waals surface area contributed by atoms with Gasteiger partial charge in [-0.05, 0) is 24.3 Å². The molecule has 1 amide bonds. The maximum absolute atomic E-state index is 12.3. The molecular weight excluding hydrogens is 354 g/mol. The van der Waals surface area contributed by atoms with Crippen molar-refractivity contribution in [2.45, 2.75) is 6.54 Å². The monoisotopic (exact) mass is 369 g/mol. The fourth-order valence-corrected chi connectivity index (χ4v) is 2.66. The molecule has 0 bridgehead atoms. The van der Waals surface area contributed by atoms with Gasteiger partial charge in [0.05, 0.1) is 17.8 Å². The summed E-state index contributed by atoms with van der Waals surface area (Å²) in [5, 5.41) is 7.34. The van der Waals surface area contributed by atoms with Crippen LogP contribution in [0.3, 0.4) is 0 Å². The number of nitrogens with zero attached hydrogens (tertiary/aromatic N) is 2. The Morgan fingerprint density at radius 2 is 1.92 bits per heavy atom. The smallest absolute Gasteiger partial charge is 0.267 e. The number of carbonyl (C=O) groups excluding carboxylic acids is 1. The molecule has 26 heavy (non-hydrogen) atoms. The van der Waals surface area contributed by atoms with Gasteiger partial charge in [-0.25, -0.2) is 4.68 Å². The highest BCUT2D eigenvalue weighted by atomic mass is 35.5. The van der Waals surface area contributed by atoms with Gasteiger partial charge in [0.25, 0.3) is 5.56 Å². The number of ether oxygens (including phenoxy) is 1. The molecule has 0 spiro atoms. The number of carbonyl (C=O) groups is 1. The number of aromatic nitrogens is 2. The third-order valence-electron chi connectivity index (χ3n) is 3.67. The first-order chi connectivity index (χ1) is 12.6. The van der Waals surface area contributed by atoms with E-state index in [1.54, 1.807) is 24.3 Å². The normalized spacial score (nSPS) is 10.4. The van der Waals surface area contributed by atoms with Gasteiger partial charge in [-0.3, -0.25) is 9.59 Å². The first-order valence-corrected chi connectivity index (χ1v) is 8.21. The van der Waals surface area contributed by atoms with E-state index in [-0.39, 0.29) is 18.0 Å². The third kappa shape index (κ3) is 4.10. The Morgan fingerprint density at radius 3 is 2.62 bits per heavy atom. The largest absolute Gasteiger partial charge is 0.495 e. The predicted molar refractivity (Wildman–Crippen MR) is 101 cm³/mol. The van der Waals surface area contributed by atoms with Crippen molar-refractivity contribution in [2.24, 2.45) is 0 Å². The number of benzene rings is 2. The first-order valence-electron chi connectivity index (χ1n) is 7.84. The molecule has 132 valence electrons. The quantitative estimate of drug-likeness (QED) is 0.749. The highest BCUT2D eigenvalue weighted by Gasteiger charge is 2.09. The maximum Gasteiger partial charge on any atom is 0.267 e. The molecule has 0 saturated carbocycles. The van der Waals surface area contributed by atoms with Crippen LogP contribution in [0.15, 0.2) is 65.5 Å². The lowest BCUT2D eigenvalue weighted by Gasteiger charge is -2.09. The highest BCUT2D eigenvalue weighted by molar-refractivity contribution is 6.32. The highest BCUT2D eigenvalue weighted by Crippen LogP contribution is 2.27.